The molecular formula is C24H23F2N7O. The molecule has 1 aromatic carbocycles. The summed E-state index contributed by atoms with van der Waals surface area (Å²) in [7, 11) is 0. The second-order valence-electron chi connectivity index (χ2n) is 8.53. The molecule has 1 N–H and O–H groups in total. The average Bonchev–Trinajstić information content (AvgIpc) is 3.35. The summed E-state index contributed by atoms with van der Waals surface area (Å²) in [5, 5.41) is 10.5. The van der Waals surface area contributed by atoms with Gasteiger partial charge in [0.15, 0.2) is 5.82 Å². The van der Waals surface area contributed by atoms with Gasteiger partial charge in [0, 0.05) is 12.1 Å². The van der Waals surface area contributed by atoms with Crippen molar-refractivity contribution in [2.24, 2.45) is 0 Å². The molecule has 3 heterocycles. The minimum Gasteiger partial charge on any atom is -0.307 e. The van der Waals surface area contributed by atoms with Crippen molar-refractivity contribution in [2.75, 3.05) is 12.0 Å². The Balaban J connectivity index is 1.41. The molecule has 1 aliphatic carbocycles. The third-order valence-electron chi connectivity index (χ3n) is 5.90. The van der Waals surface area contributed by atoms with E-state index in [9.17, 15) is 13.6 Å². The molecule has 0 aliphatic heterocycles. The van der Waals surface area contributed by atoms with Gasteiger partial charge in [-0.15, -0.1) is 10.2 Å². The Morgan fingerprint density at radius 1 is 1.26 bits per heavy atom. The van der Waals surface area contributed by atoms with E-state index in [-0.39, 0.29) is 11.4 Å². The Hall–Kier alpha value is -3.95. The highest BCUT2D eigenvalue weighted by molar-refractivity contribution is 6.04. The van der Waals surface area contributed by atoms with Crippen LogP contribution in [0.25, 0.3) is 17.2 Å². The highest BCUT2D eigenvalue weighted by Gasteiger charge is 2.26. The second-order valence-corrected chi connectivity index (χ2v) is 8.53. The molecule has 174 valence electrons. The number of hydrogen-bond donors (Lipinski definition) is 1. The largest absolute Gasteiger partial charge is 0.307 e. The molecule has 0 bridgehead atoms. The van der Waals surface area contributed by atoms with Crippen LogP contribution in [0.2, 0.25) is 0 Å². The van der Waals surface area contributed by atoms with Gasteiger partial charge < -0.3 is 14.5 Å². The molecule has 10 heteroatoms. The van der Waals surface area contributed by atoms with E-state index in [0.717, 1.165) is 18.5 Å². The van der Waals surface area contributed by atoms with E-state index in [2.05, 4.69) is 25.5 Å². The predicted molar refractivity (Wildman–Crippen MR) is 122 cm³/mol. The van der Waals surface area contributed by atoms with Gasteiger partial charge in [-0.2, -0.15) is 0 Å². The van der Waals surface area contributed by atoms with Crippen molar-refractivity contribution >= 4 is 11.7 Å². The Morgan fingerprint density at radius 2 is 2.09 bits per heavy atom. The number of imidazole rings is 1. The molecule has 0 radical (unpaired) electrons. The molecule has 1 amide bonds. The summed E-state index contributed by atoms with van der Waals surface area (Å²) < 4.78 is 31.3. The lowest BCUT2D eigenvalue weighted by Gasteiger charge is -2.13. The van der Waals surface area contributed by atoms with Crippen molar-refractivity contribution in [1.82, 2.24) is 29.3 Å². The Bertz CT molecular complexity index is 1360. The van der Waals surface area contributed by atoms with Gasteiger partial charge in [0.05, 0.1) is 29.3 Å². The predicted octanol–water partition coefficient (Wildman–Crippen LogP) is 4.63. The zero-order chi connectivity index (χ0) is 23.8. The highest BCUT2D eigenvalue weighted by atomic mass is 19.1. The molecule has 1 saturated carbocycles. The van der Waals surface area contributed by atoms with E-state index in [0.29, 0.717) is 28.7 Å². The fourth-order valence-corrected chi connectivity index (χ4v) is 3.81. The van der Waals surface area contributed by atoms with Gasteiger partial charge in [-0.05, 0) is 56.5 Å². The Morgan fingerprint density at radius 3 is 2.85 bits per heavy atom. The zero-order valence-electron chi connectivity index (χ0n) is 18.7. The number of aryl methyl sites for hydroxylation is 1. The third-order valence-corrected chi connectivity index (χ3v) is 5.90. The zero-order valence-corrected chi connectivity index (χ0v) is 18.7. The van der Waals surface area contributed by atoms with Crippen LogP contribution in [0.5, 0.6) is 0 Å². The molecule has 3 aromatic heterocycles. The van der Waals surface area contributed by atoms with Gasteiger partial charge in [0.25, 0.3) is 5.91 Å². The fourth-order valence-electron chi connectivity index (χ4n) is 3.81. The molecule has 0 spiro atoms. The van der Waals surface area contributed by atoms with E-state index in [1.54, 1.807) is 42.9 Å². The number of alkyl halides is 1. The van der Waals surface area contributed by atoms with Crippen LogP contribution < -0.4 is 5.32 Å². The van der Waals surface area contributed by atoms with E-state index in [1.165, 1.54) is 18.5 Å². The number of anilines is 1. The summed E-state index contributed by atoms with van der Waals surface area (Å²) in [5.41, 5.74) is 2.68. The van der Waals surface area contributed by atoms with Crippen LogP contribution in [0.15, 0.2) is 49.2 Å². The topological polar surface area (TPSA) is 90.5 Å². The first kappa shape index (κ1) is 21.9. The first-order valence-electron chi connectivity index (χ1n) is 11.0. The van der Waals surface area contributed by atoms with Crippen LogP contribution in [-0.2, 0) is 0 Å². The number of aromatic nitrogens is 6. The maximum absolute atomic E-state index is 14.8. The van der Waals surface area contributed by atoms with E-state index >= 15 is 0 Å². The molecule has 4 aromatic rings. The molecule has 8 nitrogen and oxygen atoms in total. The molecule has 0 saturated heterocycles. The monoisotopic (exact) mass is 463 g/mol. The molecule has 1 atom stereocenters. The summed E-state index contributed by atoms with van der Waals surface area (Å²) in [6, 6.07) is 7.34. The van der Waals surface area contributed by atoms with Crippen molar-refractivity contribution in [3.8, 4) is 17.2 Å². The summed E-state index contributed by atoms with van der Waals surface area (Å²) in [6.07, 6.45) is 7.30. The standard InChI is InChI=1S/C24H23F2N7O/c1-14-8-18(26)17(9-21(14)32-11-20(27-12-32)16-6-7-16)24(34)30-22-5-3-4-19(29-22)23-31-28-13-33(23)15(2)10-25/h3-5,8-9,11-13,15-16H,6-7,10H2,1-2H3,(H,29,30,34). The number of halogens is 2. The number of carbonyl (C=O) groups is 1. The summed E-state index contributed by atoms with van der Waals surface area (Å²) in [6.45, 7) is 2.90. The van der Waals surface area contributed by atoms with E-state index < -0.39 is 24.4 Å². The van der Waals surface area contributed by atoms with Gasteiger partial charge >= 0.3 is 0 Å². The number of nitrogens with zero attached hydrogens (tertiary/aromatic N) is 6. The smallest absolute Gasteiger partial charge is 0.259 e. The first-order chi connectivity index (χ1) is 16.4. The molecular weight excluding hydrogens is 440 g/mol. The summed E-state index contributed by atoms with van der Waals surface area (Å²) >= 11 is 0. The first-order valence-corrected chi connectivity index (χ1v) is 11.0. The summed E-state index contributed by atoms with van der Waals surface area (Å²) in [4.78, 5) is 21.8. The highest BCUT2D eigenvalue weighted by Crippen LogP contribution is 2.39. The van der Waals surface area contributed by atoms with Crippen molar-refractivity contribution in [3.63, 3.8) is 0 Å². The Kier molecular flexibility index (Phi) is 5.64. The van der Waals surface area contributed by atoms with Crippen molar-refractivity contribution in [2.45, 2.75) is 38.6 Å². The number of carbonyl (C=O) groups excluding carboxylic acids is 1. The number of amides is 1. The molecule has 1 fully saturated rings. The van der Waals surface area contributed by atoms with E-state index in [1.807, 2.05) is 10.8 Å². The summed E-state index contributed by atoms with van der Waals surface area (Å²) in [5.74, 6) is -0.193. The maximum Gasteiger partial charge on any atom is 0.259 e. The SMILES string of the molecule is Cc1cc(F)c(C(=O)Nc2cccc(-c3nncn3C(C)CF)n2)cc1-n1cnc(C2CC2)c1. The van der Waals surface area contributed by atoms with Crippen molar-refractivity contribution in [3.05, 3.63) is 71.8 Å². The Labute approximate surface area is 194 Å². The number of pyridine rings is 1. The number of nitrogens with one attached hydrogen (secondary N) is 1. The van der Waals surface area contributed by atoms with E-state index in [4.69, 9.17) is 0 Å². The number of rotatable bonds is 7. The molecule has 1 unspecified atom stereocenters. The number of benzene rings is 1. The van der Waals surface area contributed by atoms with Gasteiger partial charge in [0.2, 0.25) is 0 Å². The van der Waals surface area contributed by atoms with Gasteiger partial charge in [-0.25, -0.2) is 18.7 Å². The molecule has 5 rings (SSSR count). The quantitative estimate of drug-likeness (QED) is 0.431. The third kappa shape index (κ3) is 4.18. The number of hydrogen-bond acceptors (Lipinski definition) is 5. The minimum atomic E-state index is -0.635. The molecule has 1 aliphatic rings. The van der Waals surface area contributed by atoms with Gasteiger partial charge in [-0.3, -0.25) is 4.79 Å². The molecule has 34 heavy (non-hydrogen) atoms. The lowest BCUT2D eigenvalue weighted by molar-refractivity contribution is 0.102. The second kappa shape index (κ2) is 8.77. The van der Waals surface area contributed by atoms with Crippen LogP contribution in [0.1, 0.15) is 53.3 Å². The van der Waals surface area contributed by atoms with Crippen LogP contribution in [-0.4, -0.2) is 41.9 Å². The lowest BCUT2D eigenvalue weighted by atomic mass is 10.1. The van der Waals surface area contributed by atoms with Gasteiger partial charge in [-0.1, -0.05) is 6.07 Å². The van der Waals surface area contributed by atoms with Crippen LogP contribution >= 0.6 is 0 Å². The average molecular weight is 463 g/mol. The normalized spacial score (nSPS) is 14.2. The van der Waals surface area contributed by atoms with Crippen molar-refractivity contribution < 1.29 is 13.6 Å². The minimum absolute atomic E-state index is 0.108. The maximum atomic E-state index is 14.8. The van der Waals surface area contributed by atoms with Gasteiger partial charge in [0.1, 0.15) is 30.3 Å². The van der Waals surface area contributed by atoms with Crippen LogP contribution in [0.4, 0.5) is 14.6 Å². The van der Waals surface area contributed by atoms with Crippen LogP contribution in [0.3, 0.4) is 0 Å². The van der Waals surface area contributed by atoms with Crippen molar-refractivity contribution in [1.29, 1.82) is 0 Å². The van der Waals surface area contributed by atoms with Crippen LogP contribution in [0, 0.1) is 12.7 Å². The lowest BCUT2D eigenvalue weighted by Crippen LogP contribution is -2.16. The fraction of sp³-hybridized carbons (Fsp3) is 0.292.